The first-order chi connectivity index (χ1) is 9.99. The van der Waals surface area contributed by atoms with Crippen molar-refractivity contribution in [3.05, 3.63) is 56.4 Å². The van der Waals surface area contributed by atoms with Crippen LogP contribution < -0.4 is 0 Å². The van der Waals surface area contributed by atoms with Crippen LogP contribution >= 0.6 is 34.2 Å². The van der Waals surface area contributed by atoms with E-state index in [-0.39, 0.29) is 5.56 Å². The van der Waals surface area contributed by atoms with Gasteiger partial charge < -0.3 is 5.11 Å². The second kappa shape index (κ2) is 5.31. The minimum atomic E-state index is -0.983. The maximum Gasteiger partial charge on any atom is 0.337 e. The van der Waals surface area contributed by atoms with Crippen molar-refractivity contribution in [2.45, 2.75) is 6.92 Å². The van der Waals surface area contributed by atoms with Crippen molar-refractivity contribution in [2.24, 2.45) is 0 Å². The number of aromatic nitrogens is 2. The number of aromatic carboxylic acids is 1. The maximum atomic E-state index is 11.5. The molecule has 0 unspecified atom stereocenters. The number of hydrogen-bond acceptors (Lipinski definition) is 2. The van der Waals surface area contributed by atoms with Gasteiger partial charge in [0.2, 0.25) is 0 Å². The van der Waals surface area contributed by atoms with Crippen molar-refractivity contribution in [3.8, 4) is 5.69 Å². The molecule has 3 aromatic rings. The van der Waals surface area contributed by atoms with Crippen LogP contribution in [0.4, 0.5) is 0 Å². The molecule has 4 nitrogen and oxygen atoms in total. The van der Waals surface area contributed by atoms with Crippen LogP contribution in [0.25, 0.3) is 16.7 Å². The molecule has 1 heterocycles. The summed E-state index contributed by atoms with van der Waals surface area (Å²) in [6.07, 6.45) is 0. The number of halogens is 2. The summed E-state index contributed by atoms with van der Waals surface area (Å²) < 4.78 is 2.80. The number of hydrogen-bond donors (Lipinski definition) is 1. The summed E-state index contributed by atoms with van der Waals surface area (Å²) in [5.41, 5.74) is 2.14. The van der Waals surface area contributed by atoms with Crippen LogP contribution in [-0.4, -0.2) is 20.6 Å². The Kier molecular flexibility index (Phi) is 3.62. The molecule has 21 heavy (non-hydrogen) atoms. The molecule has 0 saturated carbocycles. The zero-order valence-corrected chi connectivity index (χ0v) is 13.9. The van der Waals surface area contributed by atoms with Crippen LogP contribution in [0.15, 0.2) is 36.4 Å². The van der Waals surface area contributed by atoms with E-state index in [1.165, 1.54) is 0 Å². The number of carboxylic acids is 1. The highest BCUT2D eigenvalue weighted by atomic mass is 127. The van der Waals surface area contributed by atoms with Gasteiger partial charge in [0.25, 0.3) is 0 Å². The Labute approximate surface area is 139 Å². The highest BCUT2D eigenvalue weighted by Crippen LogP contribution is 2.29. The van der Waals surface area contributed by atoms with Crippen molar-refractivity contribution in [1.29, 1.82) is 0 Å². The second-order valence-corrected chi connectivity index (χ2v) is 6.22. The SMILES string of the molecule is Cc1nc2cccc(C(=O)O)c2n1-c1ccc(I)cc1Cl. The number of para-hydroxylation sites is 1. The van der Waals surface area contributed by atoms with Crippen molar-refractivity contribution in [1.82, 2.24) is 9.55 Å². The standard InChI is InChI=1S/C15H10ClIN2O2/c1-8-18-12-4-2-3-10(15(20)21)14(12)19(8)13-6-5-9(17)7-11(13)16/h2-7H,1H3,(H,20,21). The van der Waals surface area contributed by atoms with Crippen molar-refractivity contribution < 1.29 is 9.90 Å². The molecule has 0 aliphatic heterocycles. The number of benzene rings is 2. The fourth-order valence-corrected chi connectivity index (χ4v) is 3.31. The van der Waals surface area contributed by atoms with Crippen LogP contribution in [-0.2, 0) is 0 Å². The molecule has 0 amide bonds. The summed E-state index contributed by atoms with van der Waals surface area (Å²) in [5, 5.41) is 9.96. The van der Waals surface area contributed by atoms with E-state index < -0.39 is 5.97 Å². The van der Waals surface area contributed by atoms with E-state index in [2.05, 4.69) is 27.6 Å². The van der Waals surface area contributed by atoms with E-state index in [1.807, 2.05) is 25.1 Å². The normalized spacial score (nSPS) is 11.0. The van der Waals surface area contributed by atoms with Crippen molar-refractivity contribution >= 4 is 51.2 Å². The summed E-state index contributed by atoms with van der Waals surface area (Å²) in [7, 11) is 0. The third-order valence-corrected chi connectivity index (χ3v) is 4.20. The third-order valence-electron chi connectivity index (χ3n) is 3.23. The first kappa shape index (κ1) is 14.3. The van der Waals surface area contributed by atoms with Gasteiger partial charge in [-0.25, -0.2) is 9.78 Å². The van der Waals surface area contributed by atoms with Gasteiger partial charge in [-0.05, 0) is 59.8 Å². The van der Waals surface area contributed by atoms with E-state index in [4.69, 9.17) is 11.6 Å². The Morgan fingerprint density at radius 2 is 2.10 bits per heavy atom. The minimum Gasteiger partial charge on any atom is -0.478 e. The monoisotopic (exact) mass is 412 g/mol. The first-order valence-electron chi connectivity index (χ1n) is 6.16. The molecule has 0 spiro atoms. The summed E-state index contributed by atoms with van der Waals surface area (Å²) in [5.74, 6) is -0.287. The van der Waals surface area contributed by atoms with Crippen molar-refractivity contribution in [2.75, 3.05) is 0 Å². The molecule has 0 atom stereocenters. The summed E-state index contributed by atoms with van der Waals surface area (Å²) in [6, 6.07) is 10.7. The van der Waals surface area contributed by atoms with Gasteiger partial charge in [-0.2, -0.15) is 0 Å². The lowest BCUT2D eigenvalue weighted by molar-refractivity contribution is 0.0698. The predicted molar refractivity (Wildman–Crippen MR) is 90.5 cm³/mol. The molecule has 106 valence electrons. The molecule has 2 aromatic carbocycles. The quantitative estimate of drug-likeness (QED) is 0.639. The molecule has 0 aliphatic carbocycles. The molecule has 0 radical (unpaired) electrons. The van der Waals surface area contributed by atoms with Gasteiger partial charge in [0, 0.05) is 3.57 Å². The Morgan fingerprint density at radius 1 is 1.33 bits per heavy atom. The molecule has 3 rings (SSSR count). The number of nitrogens with zero attached hydrogens (tertiary/aromatic N) is 2. The topological polar surface area (TPSA) is 55.1 Å². The van der Waals surface area contributed by atoms with Gasteiger partial charge in [0.05, 0.1) is 27.3 Å². The van der Waals surface area contributed by atoms with Gasteiger partial charge >= 0.3 is 5.97 Å². The van der Waals surface area contributed by atoms with E-state index >= 15 is 0 Å². The molecule has 0 bridgehead atoms. The Hall–Kier alpha value is -1.60. The Morgan fingerprint density at radius 3 is 2.76 bits per heavy atom. The van der Waals surface area contributed by atoms with Crippen LogP contribution in [0.1, 0.15) is 16.2 Å². The van der Waals surface area contributed by atoms with E-state index in [9.17, 15) is 9.90 Å². The summed E-state index contributed by atoms with van der Waals surface area (Å²) in [6.45, 7) is 1.83. The number of fused-ring (bicyclic) bond motifs is 1. The summed E-state index contributed by atoms with van der Waals surface area (Å²) >= 11 is 8.51. The molecule has 0 fully saturated rings. The average molecular weight is 413 g/mol. The largest absolute Gasteiger partial charge is 0.478 e. The predicted octanol–water partition coefficient (Wildman–Crippen LogP) is 4.29. The van der Waals surface area contributed by atoms with Gasteiger partial charge in [-0.15, -0.1) is 0 Å². The summed E-state index contributed by atoms with van der Waals surface area (Å²) in [4.78, 5) is 15.9. The zero-order chi connectivity index (χ0) is 15.1. The maximum absolute atomic E-state index is 11.5. The zero-order valence-electron chi connectivity index (χ0n) is 11.0. The van der Waals surface area contributed by atoms with Crippen LogP contribution in [0, 0.1) is 10.5 Å². The van der Waals surface area contributed by atoms with Crippen LogP contribution in [0.5, 0.6) is 0 Å². The highest BCUT2D eigenvalue weighted by Gasteiger charge is 2.18. The molecule has 1 N–H and O–H groups in total. The van der Waals surface area contributed by atoms with E-state index in [1.54, 1.807) is 22.8 Å². The lowest BCUT2D eigenvalue weighted by atomic mass is 10.1. The highest BCUT2D eigenvalue weighted by molar-refractivity contribution is 14.1. The van der Waals surface area contributed by atoms with E-state index in [0.717, 1.165) is 9.26 Å². The number of carbonyl (C=O) groups is 1. The molecule has 1 aromatic heterocycles. The van der Waals surface area contributed by atoms with Gasteiger partial charge in [0.1, 0.15) is 5.82 Å². The van der Waals surface area contributed by atoms with Gasteiger partial charge in [-0.1, -0.05) is 17.7 Å². The number of imidazole rings is 1. The van der Waals surface area contributed by atoms with Gasteiger partial charge in [-0.3, -0.25) is 4.57 Å². The fourth-order valence-electron chi connectivity index (χ4n) is 2.37. The molecular weight excluding hydrogens is 403 g/mol. The van der Waals surface area contributed by atoms with Crippen molar-refractivity contribution in [3.63, 3.8) is 0 Å². The Bertz CT molecular complexity index is 873. The lowest BCUT2D eigenvalue weighted by Crippen LogP contribution is -2.04. The van der Waals surface area contributed by atoms with E-state index in [0.29, 0.717) is 21.9 Å². The lowest BCUT2D eigenvalue weighted by Gasteiger charge is -2.11. The Balaban J connectivity index is 2.41. The molecule has 6 heteroatoms. The fraction of sp³-hybridized carbons (Fsp3) is 0.0667. The average Bonchev–Trinajstić information content (AvgIpc) is 2.74. The minimum absolute atomic E-state index is 0.211. The van der Waals surface area contributed by atoms with Crippen LogP contribution in [0.2, 0.25) is 5.02 Å². The number of rotatable bonds is 2. The number of aryl methyl sites for hydroxylation is 1. The smallest absolute Gasteiger partial charge is 0.337 e. The third kappa shape index (κ3) is 2.40. The molecular formula is C15H10ClIN2O2. The van der Waals surface area contributed by atoms with Gasteiger partial charge in [0.15, 0.2) is 0 Å². The number of carboxylic acid groups (broad SMARTS) is 1. The first-order valence-corrected chi connectivity index (χ1v) is 7.61. The molecule has 0 saturated heterocycles. The second-order valence-electron chi connectivity index (χ2n) is 4.57. The molecule has 0 aliphatic rings. The van der Waals surface area contributed by atoms with Crippen LogP contribution in [0.3, 0.4) is 0 Å².